The van der Waals surface area contributed by atoms with Crippen LogP contribution < -0.4 is 4.74 Å². The van der Waals surface area contributed by atoms with Crippen LogP contribution in [-0.2, 0) is 0 Å². The Morgan fingerprint density at radius 2 is 1.63 bits per heavy atom. The molecule has 0 saturated carbocycles. The van der Waals surface area contributed by atoms with Crippen LogP contribution in [0.25, 0.3) is 0 Å². The number of hydrogen-bond donors (Lipinski definition) is 1. The summed E-state index contributed by atoms with van der Waals surface area (Å²) in [4.78, 5) is 11.0. The smallest absolute Gasteiger partial charge is 0.335 e. The predicted octanol–water partition coefficient (Wildman–Crippen LogP) is 4.10. The molecule has 0 spiro atoms. The third-order valence-electron chi connectivity index (χ3n) is 2.86. The van der Waals surface area contributed by atoms with E-state index in [1.165, 1.54) is 0 Å². The number of rotatable bonds is 3. The summed E-state index contributed by atoms with van der Waals surface area (Å²) in [6.45, 7) is 5.89. The summed E-state index contributed by atoms with van der Waals surface area (Å²) >= 11 is 0. The second-order valence-corrected chi connectivity index (χ2v) is 4.71. The predicted molar refractivity (Wildman–Crippen MR) is 74.1 cm³/mol. The number of ether oxygens (including phenoxy) is 1. The lowest BCUT2D eigenvalue weighted by Gasteiger charge is -2.11. The zero-order chi connectivity index (χ0) is 14.0. The van der Waals surface area contributed by atoms with Crippen LogP contribution in [0.5, 0.6) is 11.5 Å². The molecule has 0 atom stereocenters. The Morgan fingerprint density at radius 1 is 1.00 bits per heavy atom. The molecule has 0 amide bonds. The number of carboxylic acid groups (broad SMARTS) is 1. The van der Waals surface area contributed by atoms with E-state index in [0.29, 0.717) is 5.75 Å². The van der Waals surface area contributed by atoms with Gasteiger partial charge in [0.05, 0.1) is 5.56 Å². The third kappa shape index (κ3) is 3.13. The van der Waals surface area contributed by atoms with Crippen molar-refractivity contribution in [3.05, 3.63) is 58.7 Å². The van der Waals surface area contributed by atoms with Crippen LogP contribution in [-0.4, -0.2) is 11.1 Å². The number of benzene rings is 2. The van der Waals surface area contributed by atoms with Crippen molar-refractivity contribution in [1.29, 1.82) is 0 Å². The minimum absolute atomic E-state index is 0.227. The normalized spacial score (nSPS) is 10.3. The van der Waals surface area contributed by atoms with E-state index < -0.39 is 5.97 Å². The van der Waals surface area contributed by atoms with Gasteiger partial charge in [0.2, 0.25) is 0 Å². The molecule has 0 aliphatic heterocycles. The minimum atomic E-state index is -0.953. The Labute approximate surface area is 112 Å². The van der Waals surface area contributed by atoms with Gasteiger partial charge in [0.1, 0.15) is 11.5 Å². The zero-order valence-electron chi connectivity index (χ0n) is 11.2. The first-order chi connectivity index (χ1) is 8.95. The summed E-state index contributed by atoms with van der Waals surface area (Å²) in [5, 5.41) is 9.00. The largest absolute Gasteiger partial charge is 0.478 e. The van der Waals surface area contributed by atoms with Gasteiger partial charge in [-0.25, -0.2) is 4.79 Å². The fraction of sp³-hybridized carbons (Fsp3) is 0.188. The Morgan fingerprint density at radius 3 is 2.21 bits per heavy atom. The molecule has 2 aromatic rings. The highest BCUT2D eigenvalue weighted by molar-refractivity contribution is 5.88. The average molecular weight is 256 g/mol. The van der Waals surface area contributed by atoms with Gasteiger partial charge in [-0.15, -0.1) is 0 Å². The Hall–Kier alpha value is -2.29. The van der Waals surface area contributed by atoms with Gasteiger partial charge in [-0.3, -0.25) is 0 Å². The molecule has 0 aliphatic rings. The first-order valence-corrected chi connectivity index (χ1v) is 6.06. The van der Waals surface area contributed by atoms with E-state index in [-0.39, 0.29) is 5.56 Å². The van der Waals surface area contributed by atoms with Crippen molar-refractivity contribution >= 4 is 5.97 Å². The Kier molecular flexibility index (Phi) is 3.56. The first-order valence-electron chi connectivity index (χ1n) is 6.06. The van der Waals surface area contributed by atoms with Gasteiger partial charge in [0.15, 0.2) is 0 Å². The molecule has 2 aromatic carbocycles. The van der Waals surface area contributed by atoms with E-state index in [0.717, 1.165) is 22.4 Å². The molecule has 0 aliphatic carbocycles. The van der Waals surface area contributed by atoms with E-state index >= 15 is 0 Å². The fourth-order valence-corrected chi connectivity index (χ4v) is 1.96. The summed E-state index contributed by atoms with van der Waals surface area (Å²) in [5.41, 5.74) is 3.36. The molecule has 3 heteroatoms. The molecule has 0 fully saturated rings. The lowest BCUT2D eigenvalue weighted by molar-refractivity contribution is 0.0696. The molecular weight excluding hydrogens is 240 g/mol. The van der Waals surface area contributed by atoms with Gasteiger partial charge in [0, 0.05) is 0 Å². The molecule has 0 saturated heterocycles. The maximum atomic E-state index is 11.0. The number of hydrogen-bond acceptors (Lipinski definition) is 2. The third-order valence-corrected chi connectivity index (χ3v) is 2.86. The highest BCUT2D eigenvalue weighted by atomic mass is 16.5. The number of carbonyl (C=O) groups is 1. The molecule has 0 bridgehead atoms. The topological polar surface area (TPSA) is 46.5 Å². The molecule has 2 rings (SSSR count). The number of aromatic carboxylic acids is 1. The monoisotopic (exact) mass is 256 g/mol. The van der Waals surface area contributed by atoms with Gasteiger partial charge < -0.3 is 9.84 Å². The van der Waals surface area contributed by atoms with E-state index in [9.17, 15) is 4.79 Å². The van der Waals surface area contributed by atoms with Gasteiger partial charge in [-0.05, 0) is 61.7 Å². The summed E-state index contributed by atoms with van der Waals surface area (Å²) in [6, 6.07) is 10.8. The molecule has 1 N–H and O–H groups in total. The second kappa shape index (κ2) is 5.14. The van der Waals surface area contributed by atoms with Gasteiger partial charge in [0.25, 0.3) is 0 Å². The lowest BCUT2D eigenvalue weighted by atomic mass is 10.1. The van der Waals surface area contributed by atoms with Crippen LogP contribution in [0, 0.1) is 20.8 Å². The maximum Gasteiger partial charge on any atom is 0.335 e. The Balaban J connectivity index is 2.37. The Bertz CT molecular complexity index is 610. The van der Waals surface area contributed by atoms with Crippen LogP contribution in [0.1, 0.15) is 27.0 Å². The SMILES string of the molecule is Cc1cc(C)cc(Oc2cc(C(=O)O)ccc2C)c1. The molecule has 19 heavy (non-hydrogen) atoms. The van der Waals surface area contributed by atoms with Crippen molar-refractivity contribution in [2.45, 2.75) is 20.8 Å². The summed E-state index contributed by atoms with van der Waals surface area (Å²) in [6.07, 6.45) is 0. The second-order valence-electron chi connectivity index (χ2n) is 4.71. The molecule has 3 nitrogen and oxygen atoms in total. The fourth-order valence-electron chi connectivity index (χ4n) is 1.96. The number of carboxylic acids is 1. The first kappa shape index (κ1) is 13.1. The van der Waals surface area contributed by atoms with Crippen LogP contribution in [0.4, 0.5) is 0 Å². The van der Waals surface area contributed by atoms with E-state index in [4.69, 9.17) is 9.84 Å². The standard InChI is InChI=1S/C16H16O3/c1-10-6-11(2)8-14(7-10)19-15-9-13(16(17)18)5-4-12(15)3/h4-9H,1-3H3,(H,17,18). The van der Waals surface area contributed by atoms with Crippen molar-refractivity contribution in [1.82, 2.24) is 0 Å². The quantitative estimate of drug-likeness (QED) is 0.899. The molecule has 98 valence electrons. The highest BCUT2D eigenvalue weighted by Gasteiger charge is 2.08. The van der Waals surface area contributed by atoms with E-state index in [2.05, 4.69) is 6.07 Å². The molecule has 0 radical (unpaired) electrons. The zero-order valence-corrected chi connectivity index (χ0v) is 11.2. The summed E-state index contributed by atoms with van der Waals surface area (Å²) < 4.78 is 5.80. The average Bonchev–Trinajstić information content (AvgIpc) is 2.30. The van der Waals surface area contributed by atoms with Crippen LogP contribution >= 0.6 is 0 Å². The van der Waals surface area contributed by atoms with Crippen molar-refractivity contribution in [3.8, 4) is 11.5 Å². The van der Waals surface area contributed by atoms with Crippen molar-refractivity contribution in [2.75, 3.05) is 0 Å². The van der Waals surface area contributed by atoms with E-state index in [1.54, 1.807) is 18.2 Å². The highest BCUT2D eigenvalue weighted by Crippen LogP contribution is 2.27. The molecule has 0 heterocycles. The molecular formula is C16H16O3. The lowest BCUT2D eigenvalue weighted by Crippen LogP contribution is -1.98. The molecule has 0 aromatic heterocycles. The van der Waals surface area contributed by atoms with Crippen molar-refractivity contribution in [3.63, 3.8) is 0 Å². The summed E-state index contributed by atoms with van der Waals surface area (Å²) in [5.74, 6) is 0.346. The summed E-state index contributed by atoms with van der Waals surface area (Å²) in [7, 11) is 0. The van der Waals surface area contributed by atoms with Gasteiger partial charge in [-0.2, -0.15) is 0 Å². The van der Waals surface area contributed by atoms with Crippen LogP contribution in [0.3, 0.4) is 0 Å². The van der Waals surface area contributed by atoms with Crippen LogP contribution in [0.2, 0.25) is 0 Å². The van der Waals surface area contributed by atoms with Crippen molar-refractivity contribution in [2.24, 2.45) is 0 Å². The van der Waals surface area contributed by atoms with Gasteiger partial charge in [-0.1, -0.05) is 12.1 Å². The van der Waals surface area contributed by atoms with E-state index in [1.807, 2.05) is 32.9 Å². The van der Waals surface area contributed by atoms with Crippen molar-refractivity contribution < 1.29 is 14.6 Å². The number of aryl methyl sites for hydroxylation is 3. The molecule has 0 unspecified atom stereocenters. The maximum absolute atomic E-state index is 11.0. The minimum Gasteiger partial charge on any atom is -0.478 e. The van der Waals surface area contributed by atoms with Crippen LogP contribution in [0.15, 0.2) is 36.4 Å². The van der Waals surface area contributed by atoms with Gasteiger partial charge >= 0.3 is 5.97 Å².